The highest BCUT2D eigenvalue weighted by Gasteiger charge is 2.15. The van der Waals surface area contributed by atoms with Crippen molar-refractivity contribution in [1.29, 1.82) is 0 Å². The van der Waals surface area contributed by atoms with E-state index in [0.717, 1.165) is 0 Å². The summed E-state index contributed by atoms with van der Waals surface area (Å²) in [5, 5.41) is 0. The average Bonchev–Trinajstić information content (AvgIpc) is 1.82. The predicted molar refractivity (Wildman–Crippen MR) is 38.0 cm³/mol. The van der Waals surface area contributed by atoms with Gasteiger partial charge in [0.15, 0.2) is 6.16 Å². The molecule has 0 aliphatic carbocycles. The van der Waals surface area contributed by atoms with E-state index >= 15 is 0 Å². The van der Waals surface area contributed by atoms with Gasteiger partial charge in [-0.25, -0.2) is 0 Å². The van der Waals surface area contributed by atoms with Crippen LogP contribution >= 0.6 is 8.03 Å². The zero-order chi connectivity index (χ0) is 8.15. The average molecular weight is 164 g/mol. The van der Waals surface area contributed by atoms with Crippen LogP contribution in [0.3, 0.4) is 0 Å². The maximum Gasteiger partial charge on any atom is 0.505 e. The number of rotatable bonds is 4. The van der Waals surface area contributed by atoms with Crippen molar-refractivity contribution in [2.24, 2.45) is 5.73 Å². The van der Waals surface area contributed by atoms with Crippen LogP contribution < -0.4 is 5.73 Å². The summed E-state index contributed by atoms with van der Waals surface area (Å²) in [6.45, 7) is 1.37. The normalized spacial score (nSPS) is 14.5. The topological polar surface area (TPSA) is 80.4 Å². The lowest BCUT2D eigenvalue weighted by Gasteiger charge is -1.99. The van der Waals surface area contributed by atoms with Gasteiger partial charge in [0.2, 0.25) is 0 Å². The molecule has 58 valence electrons. The van der Waals surface area contributed by atoms with Crippen molar-refractivity contribution in [3.63, 3.8) is 0 Å². The number of nitrogens with two attached hydrogens (primary N) is 1. The van der Waals surface area contributed by atoms with Crippen LogP contribution in [0.15, 0.2) is 0 Å². The molecule has 0 aromatic rings. The van der Waals surface area contributed by atoms with E-state index in [-0.39, 0.29) is 11.9 Å². The lowest BCUT2D eigenvalue weighted by molar-refractivity contribution is -0.118. The van der Waals surface area contributed by atoms with E-state index in [2.05, 4.69) is 0 Å². The van der Waals surface area contributed by atoms with Gasteiger partial charge in [-0.2, -0.15) is 4.89 Å². The molecule has 10 heavy (non-hydrogen) atoms. The Kier molecular flexibility index (Phi) is 4.36. The van der Waals surface area contributed by atoms with E-state index in [9.17, 15) is 9.36 Å². The summed E-state index contributed by atoms with van der Waals surface area (Å²) in [7, 11) is -2.14. The molecule has 0 fully saturated rings. The summed E-state index contributed by atoms with van der Waals surface area (Å²) in [4.78, 5) is 18.8. The zero-order valence-electron chi connectivity index (χ0n) is 5.78. The van der Waals surface area contributed by atoms with Gasteiger partial charge in [-0.1, -0.05) is 0 Å². The molecule has 0 rings (SSSR count). The third-order valence-corrected chi connectivity index (χ3v) is 1.79. The molecule has 0 saturated carbocycles. The summed E-state index contributed by atoms with van der Waals surface area (Å²) in [6.07, 6.45) is 0.400. The van der Waals surface area contributed by atoms with E-state index in [1.165, 1.54) is 6.92 Å². The predicted octanol–water partition coefficient (Wildman–Crippen LogP) is 0.0275. The van der Waals surface area contributed by atoms with E-state index in [1.807, 2.05) is 0 Å². The van der Waals surface area contributed by atoms with Crippen LogP contribution in [0.1, 0.15) is 13.3 Å². The largest absolute Gasteiger partial charge is 0.505 e. The van der Waals surface area contributed by atoms with Gasteiger partial charge in [-0.15, -0.1) is 0 Å². The quantitative estimate of drug-likeness (QED) is 0.574. The molecule has 0 saturated heterocycles. The van der Waals surface area contributed by atoms with Crippen LogP contribution in [-0.4, -0.2) is 22.9 Å². The molecule has 0 aromatic heterocycles. The highest BCUT2D eigenvalue weighted by atomic mass is 31.1. The van der Waals surface area contributed by atoms with Crippen molar-refractivity contribution in [3.8, 4) is 0 Å². The van der Waals surface area contributed by atoms with Gasteiger partial charge in [0.1, 0.15) is 5.78 Å². The van der Waals surface area contributed by atoms with Crippen molar-refractivity contribution < 1.29 is 14.3 Å². The molecule has 0 radical (unpaired) electrons. The maximum atomic E-state index is 10.5. The number of carbonyl (C=O) groups is 1. The van der Waals surface area contributed by atoms with Gasteiger partial charge in [0.25, 0.3) is 0 Å². The van der Waals surface area contributed by atoms with Crippen LogP contribution in [0.25, 0.3) is 0 Å². The minimum Gasteiger partial charge on any atom is -0.321 e. The smallest absolute Gasteiger partial charge is 0.321 e. The Balaban J connectivity index is 3.49. The molecule has 5 heteroatoms. The van der Waals surface area contributed by atoms with E-state index in [0.29, 0.717) is 6.42 Å². The van der Waals surface area contributed by atoms with Crippen molar-refractivity contribution in [1.82, 2.24) is 0 Å². The van der Waals surface area contributed by atoms with E-state index in [1.54, 1.807) is 0 Å². The molecule has 0 aliphatic heterocycles. The Hall–Kier alpha value is -0.310. The first-order valence-corrected chi connectivity index (χ1v) is 4.33. The van der Waals surface area contributed by atoms with Crippen LogP contribution in [0.2, 0.25) is 0 Å². The summed E-state index contributed by atoms with van der Waals surface area (Å²) in [5.74, 6) is -0.142. The first-order chi connectivity index (χ1) is 4.54. The standard InChI is InChI=1S/C5H10NO3P/c1-4(7)5(6)2-3-10(8)9/h5H,2-3,6H2,1H3/p+1. The minimum absolute atomic E-state index is 0.107. The first kappa shape index (κ1) is 9.69. The highest BCUT2D eigenvalue weighted by molar-refractivity contribution is 7.37. The second-order valence-electron chi connectivity index (χ2n) is 2.08. The maximum absolute atomic E-state index is 10.5. The van der Waals surface area contributed by atoms with Crippen LogP contribution in [0.5, 0.6) is 0 Å². The molecule has 0 aliphatic rings. The minimum atomic E-state index is -2.14. The molecule has 2 unspecified atom stereocenters. The SMILES string of the molecule is CC(=O)C(N)CC[P+](=O)O. The Morgan fingerprint density at radius 2 is 2.30 bits per heavy atom. The molecule has 3 N–H and O–H groups in total. The van der Waals surface area contributed by atoms with E-state index in [4.69, 9.17) is 10.6 Å². The van der Waals surface area contributed by atoms with Gasteiger partial charge in [0, 0.05) is 6.42 Å². The van der Waals surface area contributed by atoms with Gasteiger partial charge < -0.3 is 5.73 Å². The van der Waals surface area contributed by atoms with Crippen molar-refractivity contribution in [2.45, 2.75) is 19.4 Å². The molecule has 2 atom stereocenters. The molecule has 0 spiro atoms. The highest BCUT2D eigenvalue weighted by Crippen LogP contribution is 2.14. The van der Waals surface area contributed by atoms with Crippen LogP contribution in [0.4, 0.5) is 0 Å². The summed E-state index contributed by atoms with van der Waals surface area (Å²) >= 11 is 0. The molecule has 4 nitrogen and oxygen atoms in total. The van der Waals surface area contributed by atoms with Gasteiger partial charge in [-0.05, 0) is 11.5 Å². The monoisotopic (exact) mass is 164 g/mol. The molecule has 0 heterocycles. The second-order valence-corrected chi connectivity index (χ2v) is 3.23. The fourth-order valence-corrected chi connectivity index (χ4v) is 0.952. The first-order valence-electron chi connectivity index (χ1n) is 2.93. The number of hydrogen-bond acceptors (Lipinski definition) is 3. The molecule has 0 aromatic carbocycles. The lowest BCUT2D eigenvalue weighted by atomic mass is 10.2. The van der Waals surface area contributed by atoms with E-state index < -0.39 is 14.1 Å². The van der Waals surface area contributed by atoms with Crippen molar-refractivity contribution >= 4 is 13.8 Å². The Labute approximate surface area is 60.3 Å². The third-order valence-electron chi connectivity index (χ3n) is 1.15. The Bertz CT molecular complexity index is 148. The molecule has 0 amide bonds. The fourth-order valence-electron chi connectivity index (χ4n) is 0.453. The Morgan fingerprint density at radius 3 is 2.60 bits per heavy atom. The van der Waals surface area contributed by atoms with Gasteiger partial charge in [-0.3, -0.25) is 4.79 Å². The number of Topliss-reactive ketones (excluding diaryl/α,β-unsaturated/α-hetero) is 1. The van der Waals surface area contributed by atoms with Crippen LogP contribution in [-0.2, 0) is 9.36 Å². The van der Waals surface area contributed by atoms with Gasteiger partial charge in [0.05, 0.1) is 6.04 Å². The van der Waals surface area contributed by atoms with Crippen molar-refractivity contribution in [2.75, 3.05) is 6.16 Å². The van der Waals surface area contributed by atoms with Crippen molar-refractivity contribution in [3.05, 3.63) is 0 Å². The molecule has 0 bridgehead atoms. The lowest BCUT2D eigenvalue weighted by Crippen LogP contribution is -2.28. The fraction of sp³-hybridized carbons (Fsp3) is 0.800. The Morgan fingerprint density at radius 1 is 1.80 bits per heavy atom. The van der Waals surface area contributed by atoms with Gasteiger partial charge >= 0.3 is 8.03 Å². The molecular weight excluding hydrogens is 153 g/mol. The summed E-state index contributed by atoms with van der Waals surface area (Å²) in [5.41, 5.74) is 5.28. The number of hydrogen-bond donors (Lipinski definition) is 2. The van der Waals surface area contributed by atoms with Crippen LogP contribution in [0, 0.1) is 0 Å². The second kappa shape index (κ2) is 4.50. The summed E-state index contributed by atoms with van der Waals surface area (Å²) < 4.78 is 10.1. The summed E-state index contributed by atoms with van der Waals surface area (Å²) in [6, 6.07) is -0.578. The zero-order valence-corrected chi connectivity index (χ0v) is 6.67. The number of ketones is 1. The third kappa shape index (κ3) is 4.56. The number of carbonyl (C=O) groups excluding carboxylic acids is 1. The molecular formula is C5H11NO3P+.